The van der Waals surface area contributed by atoms with Crippen molar-refractivity contribution >= 4 is 22.8 Å². The van der Waals surface area contributed by atoms with Crippen LogP contribution in [0.25, 0.3) is 16.7 Å². The minimum absolute atomic E-state index is 0.0285. The number of methoxy groups -OCH3 is 1. The SMILES string of the molecule is CCC(C)c1nc(N2CCCN(C(=O)c3cccc(OC)c3)CC2)c2cnn(-c3ccccc3)c2n1. The van der Waals surface area contributed by atoms with Crippen LogP contribution < -0.4 is 9.64 Å². The maximum atomic E-state index is 13.2. The first-order valence-electron chi connectivity index (χ1n) is 12.6. The number of hydrogen-bond acceptors (Lipinski definition) is 6. The zero-order valence-electron chi connectivity index (χ0n) is 21.1. The van der Waals surface area contributed by atoms with Gasteiger partial charge in [-0.2, -0.15) is 5.10 Å². The molecular formula is C28H32N6O2. The first kappa shape index (κ1) is 23.8. The molecule has 0 spiro atoms. The van der Waals surface area contributed by atoms with Gasteiger partial charge in [-0.1, -0.05) is 38.1 Å². The number of para-hydroxylation sites is 1. The minimum Gasteiger partial charge on any atom is -0.497 e. The molecule has 3 heterocycles. The molecule has 1 fully saturated rings. The fourth-order valence-corrected chi connectivity index (χ4v) is 4.58. The van der Waals surface area contributed by atoms with Crippen LogP contribution in [-0.4, -0.2) is 63.8 Å². The number of fused-ring (bicyclic) bond motifs is 1. The third kappa shape index (κ3) is 4.63. The summed E-state index contributed by atoms with van der Waals surface area (Å²) in [7, 11) is 1.61. The van der Waals surface area contributed by atoms with Gasteiger partial charge in [-0.3, -0.25) is 4.79 Å². The highest BCUT2D eigenvalue weighted by molar-refractivity contribution is 5.94. The average molecular weight is 485 g/mol. The first-order chi connectivity index (χ1) is 17.6. The van der Waals surface area contributed by atoms with Crippen LogP contribution in [0.15, 0.2) is 60.8 Å². The molecule has 2 aromatic heterocycles. The van der Waals surface area contributed by atoms with Gasteiger partial charge in [0.05, 0.1) is 24.4 Å². The number of ether oxygens (including phenoxy) is 1. The summed E-state index contributed by atoms with van der Waals surface area (Å²) < 4.78 is 7.20. The largest absolute Gasteiger partial charge is 0.497 e. The van der Waals surface area contributed by atoms with Gasteiger partial charge in [-0.05, 0) is 43.2 Å². The number of anilines is 1. The van der Waals surface area contributed by atoms with Crippen LogP contribution in [0.5, 0.6) is 5.75 Å². The lowest BCUT2D eigenvalue weighted by Gasteiger charge is -2.24. The summed E-state index contributed by atoms with van der Waals surface area (Å²) >= 11 is 0. The molecule has 4 aromatic rings. The van der Waals surface area contributed by atoms with Crippen molar-refractivity contribution < 1.29 is 9.53 Å². The molecule has 2 aromatic carbocycles. The van der Waals surface area contributed by atoms with E-state index < -0.39 is 0 Å². The zero-order valence-corrected chi connectivity index (χ0v) is 21.1. The van der Waals surface area contributed by atoms with Crippen LogP contribution >= 0.6 is 0 Å². The normalized spacial score (nSPS) is 15.1. The van der Waals surface area contributed by atoms with Crippen molar-refractivity contribution in [3.8, 4) is 11.4 Å². The molecule has 1 unspecified atom stereocenters. The molecule has 36 heavy (non-hydrogen) atoms. The maximum absolute atomic E-state index is 13.2. The van der Waals surface area contributed by atoms with Crippen LogP contribution in [0.2, 0.25) is 0 Å². The molecule has 0 bridgehead atoms. The predicted molar refractivity (Wildman–Crippen MR) is 141 cm³/mol. The lowest BCUT2D eigenvalue weighted by atomic mass is 10.1. The van der Waals surface area contributed by atoms with Crippen LogP contribution in [0.1, 0.15) is 48.8 Å². The predicted octanol–water partition coefficient (Wildman–Crippen LogP) is 4.69. The maximum Gasteiger partial charge on any atom is 0.254 e. The fourth-order valence-electron chi connectivity index (χ4n) is 4.58. The zero-order chi connectivity index (χ0) is 25.1. The van der Waals surface area contributed by atoms with Gasteiger partial charge in [0.1, 0.15) is 17.4 Å². The molecule has 1 aliphatic rings. The van der Waals surface area contributed by atoms with Crippen molar-refractivity contribution in [3.63, 3.8) is 0 Å². The lowest BCUT2D eigenvalue weighted by Crippen LogP contribution is -2.35. The molecule has 8 nitrogen and oxygen atoms in total. The Hall–Kier alpha value is -3.94. The van der Waals surface area contributed by atoms with Gasteiger partial charge in [0.25, 0.3) is 5.91 Å². The number of aromatic nitrogens is 4. The Morgan fingerprint density at radius 3 is 2.64 bits per heavy atom. The van der Waals surface area contributed by atoms with Crippen molar-refractivity contribution in [3.05, 3.63) is 72.2 Å². The third-order valence-electron chi connectivity index (χ3n) is 6.88. The van der Waals surface area contributed by atoms with E-state index in [0.29, 0.717) is 30.9 Å². The summed E-state index contributed by atoms with van der Waals surface area (Å²) in [5, 5.41) is 5.61. The van der Waals surface area contributed by atoms with Gasteiger partial charge < -0.3 is 14.5 Å². The van der Waals surface area contributed by atoms with Crippen LogP contribution in [-0.2, 0) is 0 Å². The summed E-state index contributed by atoms with van der Waals surface area (Å²) in [6, 6.07) is 17.4. The van der Waals surface area contributed by atoms with Gasteiger partial charge in [0, 0.05) is 37.7 Å². The Morgan fingerprint density at radius 2 is 1.86 bits per heavy atom. The van der Waals surface area contributed by atoms with Crippen molar-refractivity contribution in [2.24, 2.45) is 0 Å². The molecular weight excluding hydrogens is 452 g/mol. The molecule has 186 valence electrons. The van der Waals surface area contributed by atoms with E-state index in [2.05, 4.69) is 23.8 Å². The smallest absolute Gasteiger partial charge is 0.254 e. The number of hydrogen-bond donors (Lipinski definition) is 0. The molecule has 1 atom stereocenters. The highest BCUT2D eigenvalue weighted by Crippen LogP contribution is 2.29. The second-order valence-corrected chi connectivity index (χ2v) is 9.21. The van der Waals surface area contributed by atoms with Crippen molar-refractivity contribution in [2.45, 2.75) is 32.6 Å². The van der Waals surface area contributed by atoms with Gasteiger partial charge in [-0.15, -0.1) is 0 Å². The van der Waals surface area contributed by atoms with Crippen LogP contribution in [0.3, 0.4) is 0 Å². The van der Waals surface area contributed by atoms with Gasteiger partial charge in [0.15, 0.2) is 5.65 Å². The average Bonchev–Trinajstić information content (AvgIpc) is 3.21. The number of amides is 1. The number of nitrogens with zero attached hydrogens (tertiary/aromatic N) is 6. The topological polar surface area (TPSA) is 76.4 Å². The van der Waals surface area contributed by atoms with Crippen molar-refractivity contribution in [1.82, 2.24) is 24.6 Å². The highest BCUT2D eigenvalue weighted by Gasteiger charge is 2.25. The second-order valence-electron chi connectivity index (χ2n) is 9.21. The molecule has 0 aliphatic carbocycles. The Morgan fingerprint density at radius 1 is 1.03 bits per heavy atom. The number of carbonyl (C=O) groups is 1. The molecule has 1 aliphatic heterocycles. The van der Waals surface area contributed by atoms with E-state index in [-0.39, 0.29) is 11.8 Å². The van der Waals surface area contributed by atoms with Gasteiger partial charge in [0.2, 0.25) is 0 Å². The van der Waals surface area contributed by atoms with E-state index >= 15 is 0 Å². The van der Waals surface area contributed by atoms with Crippen LogP contribution in [0.4, 0.5) is 5.82 Å². The number of benzene rings is 2. The van der Waals surface area contributed by atoms with E-state index in [9.17, 15) is 4.79 Å². The van der Waals surface area contributed by atoms with E-state index in [4.69, 9.17) is 14.7 Å². The Kier molecular flexibility index (Phi) is 6.84. The molecule has 5 rings (SSSR count). The fraction of sp³-hybridized carbons (Fsp3) is 0.357. The quantitative estimate of drug-likeness (QED) is 0.395. The van der Waals surface area contributed by atoms with Gasteiger partial charge in [-0.25, -0.2) is 14.6 Å². The van der Waals surface area contributed by atoms with Crippen LogP contribution in [0, 0.1) is 0 Å². The first-order valence-corrected chi connectivity index (χ1v) is 12.6. The van der Waals surface area contributed by atoms with E-state index in [0.717, 1.165) is 47.7 Å². The van der Waals surface area contributed by atoms with E-state index in [1.807, 2.05) is 64.3 Å². The molecule has 8 heteroatoms. The summed E-state index contributed by atoms with van der Waals surface area (Å²) in [6.07, 6.45) is 3.67. The summed E-state index contributed by atoms with van der Waals surface area (Å²) in [4.78, 5) is 27.4. The Labute approximate surface area is 211 Å². The Balaban J connectivity index is 1.46. The van der Waals surface area contributed by atoms with E-state index in [1.165, 1.54) is 0 Å². The van der Waals surface area contributed by atoms with Gasteiger partial charge >= 0.3 is 0 Å². The van der Waals surface area contributed by atoms with Crippen molar-refractivity contribution in [1.29, 1.82) is 0 Å². The molecule has 0 saturated carbocycles. The number of rotatable bonds is 6. The monoisotopic (exact) mass is 484 g/mol. The summed E-state index contributed by atoms with van der Waals surface area (Å²) in [6.45, 7) is 7.13. The second kappa shape index (κ2) is 10.4. The van der Waals surface area contributed by atoms with E-state index in [1.54, 1.807) is 13.2 Å². The third-order valence-corrected chi connectivity index (χ3v) is 6.88. The highest BCUT2D eigenvalue weighted by atomic mass is 16.5. The molecule has 1 saturated heterocycles. The summed E-state index contributed by atoms with van der Waals surface area (Å²) in [5.74, 6) is 2.67. The number of carbonyl (C=O) groups excluding carboxylic acids is 1. The standard InChI is InChI=1S/C28H32N6O2/c1-4-20(2)25-30-26(24-19-29-34(27(24)31-25)22-11-6-5-7-12-22)32-14-9-15-33(17-16-32)28(35)21-10-8-13-23(18-21)36-3/h5-8,10-13,18-20H,4,9,14-17H2,1-3H3. The molecule has 0 N–H and O–H groups in total. The molecule has 1 amide bonds. The summed E-state index contributed by atoms with van der Waals surface area (Å²) in [5.41, 5.74) is 2.43. The van der Waals surface area contributed by atoms with Crippen molar-refractivity contribution in [2.75, 3.05) is 38.2 Å². The Bertz CT molecular complexity index is 1350. The molecule has 0 radical (unpaired) electrons. The minimum atomic E-state index is 0.0285. The lowest BCUT2D eigenvalue weighted by molar-refractivity contribution is 0.0766.